The first-order chi connectivity index (χ1) is 9.65. The van der Waals surface area contributed by atoms with Gasteiger partial charge in [0.1, 0.15) is 4.88 Å². The van der Waals surface area contributed by atoms with E-state index in [4.69, 9.17) is 0 Å². The fourth-order valence-electron chi connectivity index (χ4n) is 3.41. The smallest absolute Gasteiger partial charge is 0.263 e. The minimum Gasteiger partial charge on any atom is -0.348 e. The van der Waals surface area contributed by atoms with Crippen molar-refractivity contribution in [3.8, 4) is 0 Å². The van der Waals surface area contributed by atoms with Crippen LogP contribution in [0.4, 0.5) is 0 Å². The Kier molecular flexibility index (Phi) is 4.08. The number of nitrogens with zero attached hydrogens (tertiary/aromatic N) is 1. The summed E-state index contributed by atoms with van der Waals surface area (Å²) < 4.78 is 0. The Hall–Kier alpha value is -0.940. The van der Waals surface area contributed by atoms with Crippen LogP contribution in [0.2, 0.25) is 0 Å². The van der Waals surface area contributed by atoms with Gasteiger partial charge in [-0.25, -0.2) is 4.98 Å². The molecule has 1 amide bonds. The van der Waals surface area contributed by atoms with Gasteiger partial charge in [0.05, 0.1) is 10.7 Å². The van der Waals surface area contributed by atoms with E-state index in [1.165, 1.54) is 12.8 Å². The van der Waals surface area contributed by atoms with Crippen LogP contribution in [0.25, 0.3) is 0 Å². The number of thiazole rings is 1. The summed E-state index contributed by atoms with van der Waals surface area (Å²) in [5.41, 5.74) is 0.882. The van der Waals surface area contributed by atoms with E-state index in [2.05, 4.69) is 22.5 Å². The predicted octanol–water partition coefficient (Wildman–Crippen LogP) is 2.42. The standard InChI is InChI=1S/C15H23N3OS/c1-3-4-13-16-9(2)14(20-13)15(19)18-12-7-10-5-6-11(8-12)17-10/h10-12,17H,3-8H2,1-2H3,(H,18,19). The molecular weight excluding hydrogens is 270 g/mol. The fraction of sp³-hybridized carbons (Fsp3) is 0.733. The highest BCUT2D eigenvalue weighted by atomic mass is 32.1. The third-order valence-electron chi connectivity index (χ3n) is 4.32. The largest absolute Gasteiger partial charge is 0.348 e. The molecule has 2 bridgehead atoms. The monoisotopic (exact) mass is 293 g/mol. The summed E-state index contributed by atoms with van der Waals surface area (Å²) in [6.07, 6.45) is 6.71. The second-order valence-electron chi connectivity index (χ2n) is 6.05. The van der Waals surface area contributed by atoms with Crippen LogP contribution in [-0.2, 0) is 6.42 Å². The zero-order chi connectivity index (χ0) is 14.1. The molecule has 2 aliphatic heterocycles. The van der Waals surface area contributed by atoms with Gasteiger partial charge in [-0.15, -0.1) is 11.3 Å². The minimum atomic E-state index is 0.0775. The van der Waals surface area contributed by atoms with Crippen LogP contribution in [0.1, 0.15) is 59.4 Å². The van der Waals surface area contributed by atoms with E-state index < -0.39 is 0 Å². The molecule has 20 heavy (non-hydrogen) atoms. The Balaban J connectivity index is 1.64. The zero-order valence-corrected chi connectivity index (χ0v) is 13.1. The zero-order valence-electron chi connectivity index (χ0n) is 12.2. The van der Waals surface area contributed by atoms with Crippen molar-refractivity contribution in [3.63, 3.8) is 0 Å². The summed E-state index contributed by atoms with van der Waals surface area (Å²) in [4.78, 5) is 17.7. The van der Waals surface area contributed by atoms with Gasteiger partial charge in [0.25, 0.3) is 5.91 Å². The Morgan fingerprint density at radius 1 is 1.40 bits per heavy atom. The van der Waals surface area contributed by atoms with E-state index >= 15 is 0 Å². The molecule has 2 N–H and O–H groups in total. The maximum absolute atomic E-state index is 12.4. The average molecular weight is 293 g/mol. The lowest BCUT2D eigenvalue weighted by Gasteiger charge is -2.29. The Bertz CT molecular complexity index is 487. The van der Waals surface area contributed by atoms with Crippen LogP contribution in [0.15, 0.2) is 0 Å². The van der Waals surface area contributed by atoms with E-state index in [0.29, 0.717) is 18.1 Å². The highest BCUT2D eigenvalue weighted by Crippen LogP contribution is 2.27. The number of piperidine rings is 1. The molecule has 0 saturated carbocycles. The molecule has 1 aromatic heterocycles. The molecule has 110 valence electrons. The Morgan fingerprint density at radius 3 is 2.75 bits per heavy atom. The van der Waals surface area contributed by atoms with E-state index in [9.17, 15) is 4.79 Å². The van der Waals surface area contributed by atoms with E-state index in [-0.39, 0.29) is 5.91 Å². The van der Waals surface area contributed by atoms with Gasteiger partial charge in [0.2, 0.25) is 0 Å². The van der Waals surface area contributed by atoms with E-state index in [1.54, 1.807) is 11.3 Å². The molecule has 2 saturated heterocycles. The van der Waals surface area contributed by atoms with Crippen molar-refractivity contribution in [2.24, 2.45) is 0 Å². The molecule has 0 spiro atoms. The number of carbonyl (C=O) groups is 1. The number of carbonyl (C=O) groups excluding carboxylic acids is 1. The van der Waals surface area contributed by atoms with Gasteiger partial charge in [-0.05, 0) is 45.4 Å². The summed E-state index contributed by atoms with van der Waals surface area (Å²) in [7, 11) is 0. The number of aryl methyl sites for hydroxylation is 2. The van der Waals surface area contributed by atoms with Gasteiger partial charge in [-0.2, -0.15) is 0 Å². The molecule has 2 aliphatic rings. The third kappa shape index (κ3) is 2.88. The van der Waals surface area contributed by atoms with Crippen molar-refractivity contribution in [2.45, 2.75) is 70.5 Å². The summed E-state index contributed by atoms with van der Waals surface area (Å²) >= 11 is 1.56. The van der Waals surface area contributed by atoms with Crippen molar-refractivity contribution in [3.05, 3.63) is 15.6 Å². The maximum atomic E-state index is 12.4. The van der Waals surface area contributed by atoms with Gasteiger partial charge in [-0.3, -0.25) is 4.79 Å². The van der Waals surface area contributed by atoms with Crippen molar-refractivity contribution in [2.75, 3.05) is 0 Å². The molecule has 1 aromatic rings. The number of fused-ring (bicyclic) bond motifs is 2. The molecule has 2 fully saturated rings. The second-order valence-corrected chi connectivity index (χ2v) is 7.14. The van der Waals surface area contributed by atoms with Crippen LogP contribution in [0, 0.1) is 6.92 Å². The molecule has 2 unspecified atom stereocenters. The number of amides is 1. The summed E-state index contributed by atoms with van der Waals surface area (Å²) in [6.45, 7) is 4.08. The topological polar surface area (TPSA) is 54.0 Å². The summed E-state index contributed by atoms with van der Waals surface area (Å²) in [5, 5.41) is 7.91. The lowest BCUT2D eigenvalue weighted by atomic mass is 10.00. The second kappa shape index (κ2) is 5.82. The van der Waals surface area contributed by atoms with Crippen molar-refractivity contribution in [1.82, 2.24) is 15.6 Å². The fourth-order valence-corrected chi connectivity index (χ4v) is 4.48. The lowest BCUT2D eigenvalue weighted by Crippen LogP contribution is -2.48. The minimum absolute atomic E-state index is 0.0775. The van der Waals surface area contributed by atoms with Crippen LogP contribution < -0.4 is 10.6 Å². The molecule has 3 heterocycles. The lowest BCUT2D eigenvalue weighted by molar-refractivity contribution is 0.0927. The Morgan fingerprint density at radius 2 is 2.10 bits per heavy atom. The SMILES string of the molecule is CCCc1nc(C)c(C(=O)NC2CC3CCC(C2)N3)s1. The maximum Gasteiger partial charge on any atom is 0.263 e. The van der Waals surface area contributed by atoms with Crippen molar-refractivity contribution in [1.29, 1.82) is 0 Å². The van der Waals surface area contributed by atoms with Crippen LogP contribution >= 0.6 is 11.3 Å². The third-order valence-corrected chi connectivity index (χ3v) is 5.54. The van der Waals surface area contributed by atoms with Gasteiger partial charge in [0, 0.05) is 18.1 Å². The number of aromatic nitrogens is 1. The van der Waals surface area contributed by atoms with Gasteiger partial charge >= 0.3 is 0 Å². The predicted molar refractivity (Wildman–Crippen MR) is 81.3 cm³/mol. The quantitative estimate of drug-likeness (QED) is 0.896. The first-order valence-electron chi connectivity index (χ1n) is 7.69. The average Bonchev–Trinajstić information content (AvgIpc) is 2.93. The molecule has 0 aromatic carbocycles. The van der Waals surface area contributed by atoms with Crippen LogP contribution in [0.5, 0.6) is 0 Å². The van der Waals surface area contributed by atoms with E-state index in [0.717, 1.165) is 41.3 Å². The summed E-state index contributed by atoms with van der Waals surface area (Å²) in [5.74, 6) is 0.0775. The highest BCUT2D eigenvalue weighted by Gasteiger charge is 2.34. The van der Waals surface area contributed by atoms with Crippen molar-refractivity contribution >= 4 is 17.2 Å². The van der Waals surface area contributed by atoms with Gasteiger partial charge in [0.15, 0.2) is 0 Å². The molecule has 4 nitrogen and oxygen atoms in total. The van der Waals surface area contributed by atoms with Crippen molar-refractivity contribution < 1.29 is 4.79 Å². The van der Waals surface area contributed by atoms with E-state index in [1.807, 2.05) is 6.92 Å². The molecule has 0 radical (unpaired) electrons. The molecule has 2 atom stereocenters. The summed E-state index contributed by atoms with van der Waals surface area (Å²) in [6, 6.07) is 1.55. The molecular formula is C15H23N3OS. The van der Waals surface area contributed by atoms with Gasteiger partial charge in [-0.1, -0.05) is 6.92 Å². The molecule has 0 aliphatic carbocycles. The van der Waals surface area contributed by atoms with Crippen LogP contribution in [0.3, 0.4) is 0 Å². The number of nitrogens with one attached hydrogen (secondary N) is 2. The van der Waals surface area contributed by atoms with Gasteiger partial charge < -0.3 is 10.6 Å². The molecule has 5 heteroatoms. The Labute approximate surface area is 124 Å². The number of hydrogen-bond acceptors (Lipinski definition) is 4. The first kappa shape index (κ1) is 14.0. The highest BCUT2D eigenvalue weighted by molar-refractivity contribution is 7.13. The van der Waals surface area contributed by atoms with Crippen LogP contribution in [-0.4, -0.2) is 29.0 Å². The normalized spacial score (nSPS) is 28.6. The number of hydrogen-bond donors (Lipinski definition) is 2. The first-order valence-corrected chi connectivity index (χ1v) is 8.50. The number of rotatable bonds is 4. The molecule has 3 rings (SSSR count).